The van der Waals surface area contributed by atoms with E-state index in [2.05, 4.69) is 20.8 Å². The number of hydrogen-bond acceptors (Lipinski definition) is 3. The molecule has 7 rings (SSSR count). The van der Waals surface area contributed by atoms with Gasteiger partial charge in [0.05, 0.1) is 16.5 Å². The van der Waals surface area contributed by atoms with Crippen LogP contribution in [0.5, 0.6) is 0 Å². The lowest BCUT2D eigenvalue weighted by molar-refractivity contribution is -0.139. The number of nitrogens with zero attached hydrogens (tertiary/aromatic N) is 3. The molecule has 3 fully saturated rings. The second-order valence-corrected chi connectivity index (χ2v) is 12.4. The number of rotatable bonds is 0. The van der Waals surface area contributed by atoms with E-state index in [0.29, 0.717) is 34.3 Å². The van der Waals surface area contributed by atoms with Crippen LogP contribution < -0.4 is 0 Å². The van der Waals surface area contributed by atoms with Crippen molar-refractivity contribution in [2.45, 2.75) is 77.7 Å². The molecule has 7 atom stereocenters. The van der Waals surface area contributed by atoms with E-state index in [1.54, 1.807) is 6.07 Å². The van der Waals surface area contributed by atoms with E-state index in [1.165, 1.54) is 43.0 Å². The fourth-order valence-corrected chi connectivity index (χ4v) is 9.13. The lowest BCUT2D eigenvalue weighted by Crippen LogP contribution is -2.56. The van der Waals surface area contributed by atoms with Crippen molar-refractivity contribution in [2.24, 2.45) is 34.5 Å². The molecule has 0 spiro atoms. The molecule has 33 heavy (non-hydrogen) atoms. The topological polar surface area (TPSA) is 50.4 Å². The Balaban J connectivity index is 1.30. The van der Waals surface area contributed by atoms with Crippen molar-refractivity contribution in [3.05, 3.63) is 41.5 Å². The smallest absolute Gasteiger partial charge is 0.166 e. The quantitative estimate of drug-likeness (QED) is 0.479. The number of aromatic nitrogens is 3. The highest BCUT2D eigenvalue weighted by Gasteiger charge is 2.63. The first-order valence-corrected chi connectivity index (χ1v) is 12.9. The summed E-state index contributed by atoms with van der Waals surface area (Å²) < 4.78 is 16.5. The lowest BCUT2D eigenvalue weighted by Gasteiger charge is -2.61. The summed E-state index contributed by atoms with van der Waals surface area (Å²) in [6.07, 6.45) is 11.1. The Bertz CT molecular complexity index is 1300. The molecule has 2 heterocycles. The Labute approximate surface area is 194 Å². The maximum Gasteiger partial charge on any atom is 0.166 e. The molecule has 3 aromatic rings. The summed E-state index contributed by atoms with van der Waals surface area (Å²) in [5.74, 6) is 2.46. The summed E-state index contributed by atoms with van der Waals surface area (Å²) >= 11 is 0. The van der Waals surface area contributed by atoms with Crippen LogP contribution in [0.3, 0.4) is 0 Å². The zero-order valence-electron chi connectivity index (χ0n) is 19.9. The van der Waals surface area contributed by atoms with Crippen molar-refractivity contribution in [2.75, 3.05) is 0 Å². The number of hydrogen-bond donors (Lipinski definition) is 1. The van der Waals surface area contributed by atoms with Crippen molar-refractivity contribution in [1.82, 2.24) is 14.6 Å². The second kappa shape index (κ2) is 6.35. The average Bonchev–Trinajstić information content (AvgIpc) is 3.27. The van der Waals surface area contributed by atoms with Crippen molar-refractivity contribution >= 4 is 16.6 Å². The molecule has 0 amide bonds. The van der Waals surface area contributed by atoms with E-state index >= 15 is 0 Å². The molecule has 1 N–H and O–H groups in total. The molecule has 3 saturated carbocycles. The molecule has 4 aliphatic rings. The van der Waals surface area contributed by atoms with Gasteiger partial charge in [-0.2, -0.15) is 5.10 Å². The SMILES string of the molecule is C[C@]12Cc3cnc4c5c(F)cccc5nn4c3C[C@@H]1CC[C@H]1[C@H]3CC[C@](C)(O)[C@]3(C)CC[C@@H]12. The predicted molar refractivity (Wildman–Crippen MR) is 126 cm³/mol. The zero-order valence-corrected chi connectivity index (χ0v) is 19.9. The molecule has 4 nitrogen and oxygen atoms in total. The Kier molecular flexibility index (Phi) is 3.92. The molecule has 0 radical (unpaired) electrons. The maximum absolute atomic E-state index is 14.6. The molecule has 5 heteroatoms. The molecular weight excluding hydrogens is 413 g/mol. The number of fused-ring (bicyclic) bond motifs is 10. The summed E-state index contributed by atoms with van der Waals surface area (Å²) in [6, 6.07) is 5.11. The first-order valence-electron chi connectivity index (χ1n) is 12.9. The normalized spacial score (nSPS) is 42.1. The van der Waals surface area contributed by atoms with Gasteiger partial charge in [0, 0.05) is 11.9 Å². The van der Waals surface area contributed by atoms with Gasteiger partial charge >= 0.3 is 0 Å². The van der Waals surface area contributed by atoms with Crippen molar-refractivity contribution < 1.29 is 9.50 Å². The maximum atomic E-state index is 14.6. The van der Waals surface area contributed by atoms with Crippen LogP contribution in [0, 0.1) is 40.3 Å². The van der Waals surface area contributed by atoms with Gasteiger partial charge in [-0.1, -0.05) is 19.9 Å². The predicted octanol–water partition coefficient (Wildman–Crippen LogP) is 5.73. The molecule has 0 unspecified atom stereocenters. The van der Waals surface area contributed by atoms with Crippen molar-refractivity contribution in [3.8, 4) is 0 Å². The summed E-state index contributed by atoms with van der Waals surface area (Å²) in [5.41, 5.74) is 3.68. The highest BCUT2D eigenvalue weighted by molar-refractivity contribution is 5.92. The van der Waals surface area contributed by atoms with Gasteiger partial charge in [0.2, 0.25) is 0 Å². The minimum Gasteiger partial charge on any atom is -0.390 e. The molecule has 4 aliphatic carbocycles. The van der Waals surface area contributed by atoms with Crippen molar-refractivity contribution in [1.29, 1.82) is 0 Å². The Hall–Kier alpha value is -2.01. The highest BCUT2D eigenvalue weighted by atomic mass is 19.1. The van der Waals surface area contributed by atoms with Gasteiger partial charge in [0.15, 0.2) is 5.65 Å². The van der Waals surface area contributed by atoms with E-state index in [1.807, 2.05) is 16.8 Å². The summed E-state index contributed by atoms with van der Waals surface area (Å²) in [5, 5.41) is 16.5. The largest absolute Gasteiger partial charge is 0.390 e. The van der Waals surface area contributed by atoms with Gasteiger partial charge < -0.3 is 5.11 Å². The third kappa shape index (κ3) is 2.45. The standard InChI is InChI=1S/C28H34FN3O/c1-26-14-16-15-30-25-24-21(29)5-4-6-22(24)31-32(25)23(16)13-17(26)7-8-18-19(26)9-11-27(2)20(18)10-12-28(27,3)33/h4-6,15,17-20,33H,7-14H2,1-3H3/t17-,18+,19-,20+,26-,27+,28-/m0/s1. The van der Waals surface area contributed by atoms with Gasteiger partial charge in [-0.05, 0) is 110 Å². The fourth-order valence-electron chi connectivity index (χ4n) is 9.13. The van der Waals surface area contributed by atoms with Crippen LogP contribution in [0.25, 0.3) is 16.6 Å². The van der Waals surface area contributed by atoms with E-state index < -0.39 is 5.60 Å². The van der Waals surface area contributed by atoms with Gasteiger partial charge in [-0.25, -0.2) is 13.9 Å². The second-order valence-electron chi connectivity index (χ2n) is 12.4. The van der Waals surface area contributed by atoms with Crippen LogP contribution in [0.15, 0.2) is 24.4 Å². The molecule has 1 aromatic carbocycles. The number of halogens is 1. The lowest BCUT2D eigenvalue weighted by atomic mass is 9.44. The van der Waals surface area contributed by atoms with Crippen LogP contribution >= 0.6 is 0 Å². The number of benzene rings is 1. The van der Waals surface area contributed by atoms with Crippen LogP contribution in [-0.4, -0.2) is 25.3 Å². The molecule has 0 aliphatic heterocycles. The minimum absolute atomic E-state index is 0.0664. The Morgan fingerprint density at radius 1 is 1.06 bits per heavy atom. The third-order valence-electron chi connectivity index (χ3n) is 11.2. The zero-order chi connectivity index (χ0) is 22.8. The van der Waals surface area contributed by atoms with Crippen molar-refractivity contribution in [3.63, 3.8) is 0 Å². The first kappa shape index (κ1) is 20.4. The Morgan fingerprint density at radius 3 is 2.73 bits per heavy atom. The van der Waals surface area contributed by atoms with E-state index in [-0.39, 0.29) is 16.6 Å². The summed E-state index contributed by atoms with van der Waals surface area (Å²) in [7, 11) is 0. The molecule has 174 valence electrons. The molecule has 0 bridgehead atoms. The van der Waals surface area contributed by atoms with Crippen LogP contribution in [-0.2, 0) is 12.8 Å². The van der Waals surface area contributed by atoms with Gasteiger partial charge in [-0.15, -0.1) is 0 Å². The van der Waals surface area contributed by atoms with Gasteiger partial charge in [-0.3, -0.25) is 0 Å². The van der Waals surface area contributed by atoms with Crippen LogP contribution in [0.1, 0.15) is 70.6 Å². The summed E-state index contributed by atoms with van der Waals surface area (Å²) in [6.45, 7) is 7.00. The average molecular weight is 448 g/mol. The van der Waals surface area contributed by atoms with Crippen LogP contribution in [0.4, 0.5) is 4.39 Å². The number of aliphatic hydroxyl groups is 1. The fraction of sp³-hybridized carbons (Fsp3) is 0.643. The van der Waals surface area contributed by atoms with Gasteiger partial charge in [0.1, 0.15) is 5.82 Å². The van der Waals surface area contributed by atoms with Gasteiger partial charge in [0.25, 0.3) is 0 Å². The van der Waals surface area contributed by atoms with E-state index in [4.69, 9.17) is 10.1 Å². The minimum atomic E-state index is -0.521. The highest BCUT2D eigenvalue weighted by Crippen LogP contribution is 2.67. The molecule has 0 saturated heterocycles. The van der Waals surface area contributed by atoms with Crippen LogP contribution in [0.2, 0.25) is 0 Å². The third-order valence-corrected chi connectivity index (χ3v) is 11.2. The van der Waals surface area contributed by atoms with E-state index in [9.17, 15) is 9.50 Å². The Morgan fingerprint density at radius 2 is 1.88 bits per heavy atom. The first-order chi connectivity index (χ1) is 15.7. The molecule has 2 aromatic heterocycles. The van der Waals surface area contributed by atoms with E-state index in [0.717, 1.165) is 31.6 Å². The monoisotopic (exact) mass is 447 g/mol. The molecular formula is C28H34FN3O. The summed E-state index contributed by atoms with van der Waals surface area (Å²) in [4.78, 5) is 4.73.